The number of anilines is 1. The Kier molecular flexibility index (Phi) is 6.09. The number of H-pyrrole nitrogens is 1. The van der Waals surface area contributed by atoms with Crippen molar-refractivity contribution >= 4 is 22.5 Å². The summed E-state index contributed by atoms with van der Waals surface area (Å²) in [6.07, 6.45) is -5.03. The molecule has 192 valence electrons. The second kappa shape index (κ2) is 9.13. The van der Waals surface area contributed by atoms with Crippen molar-refractivity contribution in [2.45, 2.75) is 37.2 Å². The Morgan fingerprint density at radius 1 is 0.946 bits per heavy atom. The summed E-state index contributed by atoms with van der Waals surface area (Å²) in [6.45, 7) is 0. The van der Waals surface area contributed by atoms with Crippen LogP contribution < -0.4 is 10.1 Å². The Balaban J connectivity index is 1.22. The zero-order valence-corrected chi connectivity index (χ0v) is 19.0. The van der Waals surface area contributed by atoms with Crippen molar-refractivity contribution in [1.82, 2.24) is 9.97 Å². The molecular formula is C26H19F6N3O2. The van der Waals surface area contributed by atoms with Crippen LogP contribution in [0.15, 0.2) is 67.0 Å². The van der Waals surface area contributed by atoms with Crippen LogP contribution >= 0.6 is 0 Å². The van der Waals surface area contributed by atoms with E-state index in [0.717, 1.165) is 41.4 Å². The molecule has 0 unspecified atom stereocenters. The van der Waals surface area contributed by atoms with Gasteiger partial charge in [-0.05, 0) is 72.9 Å². The Morgan fingerprint density at radius 2 is 1.68 bits per heavy atom. The largest absolute Gasteiger partial charge is 0.490 e. The molecule has 0 bridgehead atoms. The summed E-state index contributed by atoms with van der Waals surface area (Å²) in [5.74, 6) is 0.0356. The van der Waals surface area contributed by atoms with E-state index in [1.54, 1.807) is 24.4 Å². The van der Waals surface area contributed by atoms with Crippen molar-refractivity contribution in [3.8, 4) is 5.75 Å². The third kappa shape index (κ3) is 5.25. The number of hydrogen-bond acceptors (Lipinski definition) is 3. The van der Waals surface area contributed by atoms with Crippen LogP contribution in [0.4, 0.5) is 32.0 Å². The zero-order valence-electron chi connectivity index (χ0n) is 19.0. The summed E-state index contributed by atoms with van der Waals surface area (Å²) in [4.78, 5) is 19.1. The molecule has 5 rings (SSSR count). The van der Waals surface area contributed by atoms with Gasteiger partial charge in [0.1, 0.15) is 11.4 Å². The molecule has 0 spiro atoms. The molecule has 1 amide bonds. The van der Waals surface area contributed by atoms with E-state index in [9.17, 15) is 31.1 Å². The zero-order chi connectivity index (χ0) is 26.4. The highest BCUT2D eigenvalue weighted by Gasteiger charge is 2.35. The van der Waals surface area contributed by atoms with Crippen LogP contribution in [0.2, 0.25) is 0 Å². The SMILES string of the molecule is O=C(Nc1c[nH]c2ccc(OC3CC(c4ccc(C(F)(F)F)nc4)C3)cc12)c1ccc(C(F)(F)F)cc1. The summed E-state index contributed by atoms with van der Waals surface area (Å²) in [6, 6.07) is 11.6. The fourth-order valence-corrected chi connectivity index (χ4v) is 4.22. The highest BCUT2D eigenvalue weighted by Crippen LogP contribution is 2.40. The Hall–Kier alpha value is -4.02. The Morgan fingerprint density at radius 3 is 2.30 bits per heavy atom. The van der Waals surface area contributed by atoms with Gasteiger partial charge in [0, 0.05) is 28.9 Å². The molecule has 2 N–H and O–H groups in total. The van der Waals surface area contributed by atoms with Crippen LogP contribution in [-0.4, -0.2) is 22.0 Å². The number of carbonyl (C=O) groups is 1. The van der Waals surface area contributed by atoms with Gasteiger partial charge in [-0.1, -0.05) is 6.07 Å². The number of rotatable bonds is 5. The smallest absolute Gasteiger partial charge is 0.433 e. The van der Waals surface area contributed by atoms with E-state index in [1.807, 2.05) is 0 Å². The third-order valence-corrected chi connectivity index (χ3v) is 6.32. The molecule has 0 aliphatic heterocycles. The Bertz CT molecular complexity index is 1420. The van der Waals surface area contributed by atoms with Crippen molar-refractivity contribution in [2.24, 2.45) is 0 Å². The maximum Gasteiger partial charge on any atom is 0.433 e. The maximum absolute atomic E-state index is 12.8. The topological polar surface area (TPSA) is 67.0 Å². The number of fused-ring (bicyclic) bond motifs is 1. The number of nitrogens with one attached hydrogen (secondary N) is 2. The van der Waals surface area contributed by atoms with E-state index in [0.29, 0.717) is 29.7 Å². The van der Waals surface area contributed by atoms with Crippen molar-refractivity contribution in [1.29, 1.82) is 0 Å². The van der Waals surface area contributed by atoms with Crippen molar-refractivity contribution in [3.05, 3.63) is 89.4 Å². The third-order valence-electron chi connectivity index (χ3n) is 6.32. The van der Waals surface area contributed by atoms with Crippen LogP contribution in [0.1, 0.15) is 45.9 Å². The lowest BCUT2D eigenvalue weighted by Gasteiger charge is -2.35. The van der Waals surface area contributed by atoms with Crippen LogP contribution in [0.3, 0.4) is 0 Å². The van der Waals surface area contributed by atoms with Gasteiger partial charge < -0.3 is 15.0 Å². The molecule has 2 aromatic carbocycles. The average molecular weight is 519 g/mol. The quantitative estimate of drug-likeness (QED) is 0.275. The van der Waals surface area contributed by atoms with Crippen LogP contribution in [0.25, 0.3) is 10.9 Å². The Labute approximate surface area is 206 Å². The molecule has 0 atom stereocenters. The van der Waals surface area contributed by atoms with E-state index in [4.69, 9.17) is 4.74 Å². The number of carbonyl (C=O) groups excluding carboxylic acids is 1. The van der Waals surface area contributed by atoms with Crippen molar-refractivity contribution in [2.75, 3.05) is 5.32 Å². The molecule has 5 nitrogen and oxygen atoms in total. The summed E-state index contributed by atoms with van der Waals surface area (Å²) in [7, 11) is 0. The lowest BCUT2D eigenvalue weighted by atomic mass is 9.78. The van der Waals surface area contributed by atoms with Crippen LogP contribution in [-0.2, 0) is 12.4 Å². The molecule has 1 fully saturated rings. The van der Waals surface area contributed by atoms with Crippen LogP contribution in [0.5, 0.6) is 5.75 Å². The van der Waals surface area contributed by atoms with E-state index in [1.165, 1.54) is 12.3 Å². The number of benzene rings is 2. The van der Waals surface area contributed by atoms with Gasteiger partial charge in [0.2, 0.25) is 0 Å². The fourth-order valence-electron chi connectivity index (χ4n) is 4.22. The second-order valence-electron chi connectivity index (χ2n) is 8.82. The lowest BCUT2D eigenvalue weighted by molar-refractivity contribution is -0.141. The summed E-state index contributed by atoms with van der Waals surface area (Å²) in [5.41, 5.74) is 0.190. The summed E-state index contributed by atoms with van der Waals surface area (Å²) < 4.78 is 82.4. The molecular weight excluding hydrogens is 500 g/mol. The molecule has 1 aliphatic carbocycles. The number of hydrogen-bond donors (Lipinski definition) is 2. The van der Waals surface area contributed by atoms with Gasteiger partial charge in [-0.2, -0.15) is 26.3 Å². The highest BCUT2D eigenvalue weighted by atomic mass is 19.4. The summed E-state index contributed by atoms with van der Waals surface area (Å²) in [5, 5.41) is 3.35. The van der Waals surface area contributed by atoms with E-state index in [-0.39, 0.29) is 17.6 Å². The fraction of sp³-hybridized carbons (Fsp3) is 0.231. The van der Waals surface area contributed by atoms with E-state index in [2.05, 4.69) is 15.3 Å². The number of nitrogens with zero attached hydrogens (tertiary/aromatic N) is 1. The first kappa shape index (κ1) is 24.7. The average Bonchev–Trinajstić information content (AvgIpc) is 3.22. The van der Waals surface area contributed by atoms with Crippen molar-refractivity contribution < 1.29 is 35.9 Å². The number of pyridine rings is 1. The summed E-state index contributed by atoms with van der Waals surface area (Å²) >= 11 is 0. The van der Waals surface area contributed by atoms with Gasteiger partial charge in [-0.3, -0.25) is 9.78 Å². The molecule has 37 heavy (non-hydrogen) atoms. The standard InChI is InChI=1S/C26H19F6N3O2/c27-25(28,29)17-4-1-14(2-5-17)24(36)35-22-13-33-21-7-6-18(11-20(21)22)37-19-9-16(10-19)15-3-8-23(34-12-15)26(30,31)32/h1-8,11-13,16,19,33H,9-10H2,(H,35,36). The normalized spacial score (nSPS) is 17.9. The number of ether oxygens (including phenoxy) is 1. The lowest BCUT2D eigenvalue weighted by Crippen LogP contribution is -2.32. The first-order valence-electron chi connectivity index (χ1n) is 11.3. The van der Waals surface area contributed by atoms with Crippen molar-refractivity contribution in [3.63, 3.8) is 0 Å². The van der Waals surface area contributed by atoms with Gasteiger partial charge >= 0.3 is 12.4 Å². The minimum atomic E-state index is -4.49. The first-order valence-corrected chi connectivity index (χ1v) is 11.3. The van der Waals surface area contributed by atoms with Gasteiger partial charge in [0.15, 0.2) is 0 Å². The molecule has 2 heterocycles. The predicted octanol–water partition coefficient (Wildman–Crippen LogP) is 7.18. The molecule has 0 radical (unpaired) electrons. The van der Waals surface area contributed by atoms with Gasteiger partial charge in [-0.25, -0.2) is 0 Å². The molecule has 1 aliphatic rings. The van der Waals surface area contributed by atoms with E-state index >= 15 is 0 Å². The number of aromatic nitrogens is 2. The highest BCUT2D eigenvalue weighted by molar-refractivity contribution is 6.09. The molecule has 11 heteroatoms. The second-order valence-corrected chi connectivity index (χ2v) is 8.82. The number of alkyl halides is 6. The minimum Gasteiger partial charge on any atom is -0.490 e. The van der Waals surface area contributed by atoms with E-state index < -0.39 is 29.5 Å². The van der Waals surface area contributed by atoms with Gasteiger partial charge in [0.05, 0.1) is 17.4 Å². The monoisotopic (exact) mass is 519 g/mol. The maximum atomic E-state index is 12.8. The van der Waals surface area contributed by atoms with Gasteiger partial charge in [-0.15, -0.1) is 0 Å². The van der Waals surface area contributed by atoms with Gasteiger partial charge in [0.25, 0.3) is 5.91 Å². The molecule has 0 saturated heterocycles. The number of aromatic amines is 1. The molecule has 4 aromatic rings. The molecule has 2 aromatic heterocycles. The molecule has 1 saturated carbocycles. The minimum absolute atomic E-state index is 0.0503. The number of amides is 1. The number of halogens is 6. The first-order chi connectivity index (χ1) is 17.5. The van der Waals surface area contributed by atoms with Crippen LogP contribution in [0, 0.1) is 0 Å². The predicted molar refractivity (Wildman–Crippen MR) is 123 cm³/mol.